The van der Waals surface area contributed by atoms with Crippen molar-refractivity contribution in [2.45, 2.75) is 53.2 Å². The highest BCUT2D eigenvalue weighted by atomic mass is 16.5. The maximum atomic E-state index is 6.16. The molecule has 0 atom stereocenters. The van der Waals surface area contributed by atoms with E-state index in [2.05, 4.69) is 32.2 Å². The van der Waals surface area contributed by atoms with Crippen LogP contribution in [0.5, 0.6) is 11.5 Å². The minimum atomic E-state index is 0.252. The molecule has 0 bridgehead atoms. The van der Waals surface area contributed by atoms with Crippen LogP contribution < -0.4 is 14.8 Å². The summed E-state index contributed by atoms with van der Waals surface area (Å²) >= 11 is 0. The highest BCUT2D eigenvalue weighted by Crippen LogP contribution is 2.33. The molecular weight excluding hydrogens is 238 g/mol. The Balaban J connectivity index is 2.98. The zero-order valence-corrected chi connectivity index (χ0v) is 12.7. The Morgan fingerprint density at radius 2 is 1.84 bits per heavy atom. The molecule has 0 radical (unpaired) electrons. The van der Waals surface area contributed by atoms with E-state index in [9.17, 15) is 0 Å². The van der Waals surface area contributed by atoms with Crippen LogP contribution >= 0.6 is 0 Å². The average molecular weight is 265 g/mol. The van der Waals surface area contributed by atoms with Crippen LogP contribution in [0.2, 0.25) is 0 Å². The van der Waals surface area contributed by atoms with Crippen LogP contribution in [0.1, 0.15) is 46.1 Å². The molecule has 0 heterocycles. The van der Waals surface area contributed by atoms with E-state index in [1.54, 1.807) is 0 Å². The molecule has 0 spiro atoms. The first-order valence-electron chi connectivity index (χ1n) is 7.38. The van der Waals surface area contributed by atoms with E-state index in [0.29, 0.717) is 6.61 Å². The van der Waals surface area contributed by atoms with Crippen LogP contribution in [-0.4, -0.2) is 19.3 Å². The number of nitrogens with one attached hydrogen (secondary N) is 1. The van der Waals surface area contributed by atoms with E-state index in [-0.39, 0.29) is 6.10 Å². The molecule has 19 heavy (non-hydrogen) atoms. The third-order valence-electron chi connectivity index (χ3n) is 3.12. The molecule has 1 aromatic carbocycles. The molecule has 0 amide bonds. The zero-order valence-electron chi connectivity index (χ0n) is 12.7. The molecule has 0 aliphatic rings. The highest BCUT2D eigenvalue weighted by molar-refractivity contribution is 5.46. The van der Waals surface area contributed by atoms with Crippen molar-refractivity contribution in [2.24, 2.45) is 0 Å². The second-order valence-electron chi connectivity index (χ2n) is 4.51. The predicted molar refractivity (Wildman–Crippen MR) is 80.0 cm³/mol. The number of rotatable bonds is 9. The Hall–Kier alpha value is -1.22. The molecule has 0 unspecified atom stereocenters. The van der Waals surface area contributed by atoms with Crippen molar-refractivity contribution in [3.05, 3.63) is 23.8 Å². The van der Waals surface area contributed by atoms with Gasteiger partial charge in [0, 0.05) is 12.1 Å². The standard InChI is InChI=1S/C16H27NO2/c1-5-14(6-2)19-16-13(12-17-7-3)10-9-11-15(16)18-8-4/h9-11,14,17H,5-8,12H2,1-4H3. The van der Waals surface area contributed by atoms with E-state index < -0.39 is 0 Å². The molecular formula is C16H27NO2. The summed E-state index contributed by atoms with van der Waals surface area (Å²) < 4.78 is 11.9. The van der Waals surface area contributed by atoms with Gasteiger partial charge in [-0.05, 0) is 32.4 Å². The lowest BCUT2D eigenvalue weighted by molar-refractivity contribution is 0.179. The molecule has 0 saturated heterocycles. The second kappa shape index (κ2) is 8.81. The van der Waals surface area contributed by atoms with Crippen molar-refractivity contribution in [1.29, 1.82) is 0 Å². The minimum Gasteiger partial charge on any atom is -0.490 e. The van der Waals surface area contributed by atoms with E-state index >= 15 is 0 Å². The fourth-order valence-corrected chi connectivity index (χ4v) is 1.99. The third-order valence-corrected chi connectivity index (χ3v) is 3.12. The van der Waals surface area contributed by atoms with Gasteiger partial charge in [-0.1, -0.05) is 32.9 Å². The number of benzene rings is 1. The quantitative estimate of drug-likeness (QED) is 0.737. The summed E-state index contributed by atoms with van der Waals surface area (Å²) in [5.74, 6) is 1.75. The summed E-state index contributed by atoms with van der Waals surface area (Å²) in [6.07, 6.45) is 2.27. The lowest BCUT2D eigenvalue weighted by Gasteiger charge is -2.21. The molecule has 3 nitrogen and oxygen atoms in total. The van der Waals surface area contributed by atoms with Crippen LogP contribution in [0, 0.1) is 0 Å². The molecule has 0 fully saturated rings. The summed E-state index contributed by atoms with van der Waals surface area (Å²) in [5.41, 5.74) is 1.17. The number of para-hydroxylation sites is 1. The summed E-state index contributed by atoms with van der Waals surface area (Å²) in [5, 5.41) is 3.35. The number of ether oxygens (including phenoxy) is 2. The Kier molecular flexibility index (Phi) is 7.34. The van der Waals surface area contributed by atoms with Crippen molar-refractivity contribution in [3.8, 4) is 11.5 Å². The SMILES string of the molecule is CCNCc1cccc(OCC)c1OC(CC)CC. The fourth-order valence-electron chi connectivity index (χ4n) is 1.99. The van der Waals surface area contributed by atoms with Gasteiger partial charge in [-0.3, -0.25) is 0 Å². The normalized spacial score (nSPS) is 10.8. The fraction of sp³-hybridized carbons (Fsp3) is 0.625. The summed E-state index contributed by atoms with van der Waals surface area (Å²) in [6, 6.07) is 6.11. The molecule has 0 saturated carbocycles. The van der Waals surface area contributed by atoms with Crippen LogP contribution in [0.4, 0.5) is 0 Å². The van der Waals surface area contributed by atoms with E-state index in [4.69, 9.17) is 9.47 Å². The van der Waals surface area contributed by atoms with Gasteiger partial charge in [0.05, 0.1) is 12.7 Å². The van der Waals surface area contributed by atoms with Gasteiger partial charge in [0.1, 0.15) is 0 Å². The van der Waals surface area contributed by atoms with Gasteiger partial charge in [0.2, 0.25) is 0 Å². The minimum absolute atomic E-state index is 0.252. The van der Waals surface area contributed by atoms with Gasteiger partial charge < -0.3 is 14.8 Å². The van der Waals surface area contributed by atoms with Crippen molar-refractivity contribution in [3.63, 3.8) is 0 Å². The zero-order chi connectivity index (χ0) is 14.1. The van der Waals surface area contributed by atoms with E-state index in [0.717, 1.165) is 37.4 Å². The molecule has 0 aromatic heterocycles. The Labute approximate surface area is 117 Å². The Bertz CT molecular complexity index is 362. The number of hydrogen-bond acceptors (Lipinski definition) is 3. The van der Waals surface area contributed by atoms with Crippen LogP contribution in [-0.2, 0) is 6.54 Å². The van der Waals surface area contributed by atoms with Gasteiger partial charge in [0.15, 0.2) is 11.5 Å². The highest BCUT2D eigenvalue weighted by Gasteiger charge is 2.14. The van der Waals surface area contributed by atoms with Gasteiger partial charge in [-0.15, -0.1) is 0 Å². The Morgan fingerprint density at radius 1 is 1.11 bits per heavy atom. The lowest BCUT2D eigenvalue weighted by Crippen LogP contribution is -2.18. The predicted octanol–water partition coefficient (Wildman–Crippen LogP) is 3.76. The van der Waals surface area contributed by atoms with Gasteiger partial charge >= 0.3 is 0 Å². The molecule has 3 heteroatoms. The van der Waals surface area contributed by atoms with Gasteiger partial charge in [0.25, 0.3) is 0 Å². The van der Waals surface area contributed by atoms with Gasteiger partial charge in [-0.2, -0.15) is 0 Å². The smallest absolute Gasteiger partial charge is 0.166 e. The topological polar surface area (TPSA) is 30.5 Å². The Morgan fingerprint density at radius 3 is 2.42 bits per heavy atom. The molecule has 0 aliphatic heterocycles. The maximum Gasteiger partial charge on any atom is 0.166 e. The first-order valence-corrected chi connectivity index (χ1v) is 7.38. The number of hydrogen-bond donors (Lipinski definition) is 1. The third kappa shape index (κ3) is 4.75. The molecule has 1 aromatic rings. The van der Waals surface area contributed by atoms with Crippen LogP contribution in [0.3, 0.4) is 0 Å². The molecule has 0 aliphatic carbocycles. The lowest BCUT2D eigenvalue weighted by atomic mass is 10.1. The van der Waals surface area contributed by atoms with Crippen molar-refractivity contribution < 1.29 is 9.47 Å². The van der Waals surface area contributed by atoms with Crippen molar-refractivity contribution in [2.75, 3.05) is 13.2 Å². The molecule has 108 valence electrons. The average Bonchev–Trinajstić information content (AvgIpc) is 2.44. The maximum absolute atomic E-state index is 6.16. The second-order valence-corrected chi connectivity index (χ2v) is 4.51. The van der Waals surface area contributed by atoms with Crippen LogP contribution in [0.15, 0.2) is 18.2 Å². The molecule has 1 N–H and O–H groups in total. The summed E-state index contributed by atoms with van der Waals surface area (Å²) in [4.78, 5) is 0. The van der Waals surface area contributed by atoms with E-state index in [1.807, 2.05) is 19.1 Å². The first-order chi connectivity index (χ1) is 9.26. The molecule has 1 rings (SSSR count). The largest absolute Gasteiger partial charge is 0.490 e. The van der Waals surface area contributed by atoms with Crippen LogP contribution in [0.25, 0.3) is 0 Å². The monoisotopic (exact) mass is 265 g/mol. The first kappa shape index (κ1) is 15.8. The van der Waals surface area contributed by atoms with Crippen molar-refractivity contribution >= 4 is 0 Å². The van der Waals surface area contributed by atoms with Crippen molar-refractivity contribution in [1.82, 2.24) is 5.32 Å². The van der Waals surface area contributed by atoms with E-state index in [1.165, 1.54) is 5.56 Å². The van der Waals surface area contributed by atoms with Gasteiger partial charge in [-0.25, -0.2) is 0 Å². The summed E-state index contributed by atoms with van der Waals surface area (Å²) in [6.45, 7) is 10.8. The summed E-state index contributed by atoms with van der Waals surface area (Å²) in [7, 11) is 0.